The zero-order chi connectivity index (χ0) is 21.3. The number of morpholine rings is 1. The lowest BCUT2D eigenvalue weighted by atomic mass is 10.1. The van der Waals surface area contributed by atoms with E-state index in [0.29, 0.717) is 34.6 Å². The van der Waals surface area contributed by atoms with Crippen LogP contribution in [-0.2, 0) is 11.3 Å². The van der Waals surface area contributed by atoms with E-state index in [9.17, 15) is 4.79 Å². The van der Waals surface area contributed by atoms with Crippen LogP contribution >= 0.6 is 15.9 Å². The summed E-state index contributed by atoms with van der Waals surface area (Å²) in [5, 5.41) is 0. The summed E-state index contributed by atoms with van der Waals surface area (Å²) in [5.41, 5.74) is 1.58. The van der Waals surface area contributed by atoms with Crippen molar-refractivity contribution in [3.63, 3.8) is 0 Å². The van der Waals surface area contributed by atoms with Gasteiger partial charge in [0.1, 0.15) is 16.0 Å². The van der Waals surface area contributed by atoms with E-state index in [4.69, 9.17) is 14.2 Å². The molecule has 3 rings (SSSR count). The minimum absolute atomic E-state index is 0.0575. The first-order valence-electron chi connectivity index (χ1n) is 10.0. The summed E-state index contributed by atoms with van der Waals surface area (Å²) in [6.07, 6.45) is 4.39. The molecule has 1 aliphatic heterocycles. The molecule has 2 aromatic rings. The number of methoxy groups -OCH3 is 2. The molecule has 0 atom stereocenters. The number of halogens is 1. The predicted octanol–water partition coefficient (Wildman–Crippen LogP) is 3.23. The maximum Gasteiger partial charge on any atom is 0.254 e. The number of amides is 1. The molecule has 1 aliphatic rings. The van der Waals surface area contributed by atoms with Crippen LogP contribution in [0, 0.1) is 0 Å². The second-order valence-corrected chi connectivity index (χ2v) is 7.88. The van der Waals surface area contributed by atoms with Crippen molar-refractivity contribution in [3.8, 4) is 11.5 Å². The molecule has 1 amide bonds. The van der Waals surface area contributed by atoms with Gasteiger partial charge in [-0.3, -0.25) is 14.7 Å². The molecular weight excluding hydrogens is 450 g/mol. The molecule has 0 saturated carbocycles. The van der Waals surface area contributed by atoms with Crippen LogP contribution in [0.2, 0.25) is 0 Å². The highest BCUT2D eigenvalue weighted by molar-refractivity contribution is 9.10. The largest absolute Gasteiger partial charge is 0.495 e. The lowest BCUT2D eigenvalue weighted by Gasteiger charge is -2.28. The molecule has 8 heteroatoms. The summed E-state index contributed by atoms with van der Waals surface area (Å²) in [6, 6.07) is 7.36. The van der Waals surface area contributed by atoms with Crippen LogP contribution in [0.15, 0.2) is 41.1 Å². The molecular formula is C22H28BrN3O4. The molecule has 1 fully saturated rings. The molecule has 0 bridgehead atoms. The molecule has 162 valence electrons. The topological polar surface area (TPSA) is 64.1 Å². The summed E-state index contributed by atoms with van der Waals surface area (Å²) in [5.74, 6) is 1.07. The highest BCUT2D eigenvalue weighted by Gasteiger charge is 2.21. The number of carbonyl (C=O) groups excluding carboxylic acids is 1. The van der Waals surface area contributed by atoms with E-state index in [0.717, 1.165) is 44.8 Å². The van der Waals surface area contributed by atoms with E-state index in [1.807, 2.05) is 17.0 Å². The quantitative estimate of drug-likeness (QED) is 0.552. The van der Waals surface area contributed by atoms with Crippen molar-refractivity contribution >= 4 is 21.8 Å². The molecule has 1 aromatic carbocycles. The Hall–Kier alpha value is -2.16. The Morgan fingerprint density at radius 1 is 1.17 bits per heavy atom. The smallest absolute Gasteiger partial charge is 0.254 e. The zero-order valence-electron chi connectivity index (χ0n) is 17.5. The van der Waals surface area contributed by atoms with Gasteiger partial charge >= 0.3 is 0 Å². The first-order valence-corrected chi connectivity index (χ1v) is 10.8. The van der Waals surface area contributed by atoms with E-state index in [1.54, 1.807) is 38.7 Å². The number of benzene rings is 1. The van der Waals surface area contributed by atoms with Crippen molar-refractivity contribution in [2.75, 3.05) is 53.6 Å². The Labute approximate surface area is 186 Å². The van der Waals surface area contributed by atoms with Crippen molar-refractivity contribution in [2.45, 2.75) is 13.0 Å². The molecule has 0 N–H and O–H groups in total. The van der Waals surface area contributed by atoms with Gasteiger partial charge < -0.3 is 19.1 Å². The number of rotatable bonds is 9. The Kier molecular flexibility index (Phi) is 8.48. The molecule has 1 saturated heterocycles. The van der Waals surface area contributed by atoms with E-state index in [1.165, 1.54) is 0 Å². The van der Waals surface area contributed by atoms with Gasteiger partial charge in [0.15, 0.2) is 0 Å². The van der Waals surface area contributed by atoms with Crippen LogP contribution < -0.4 is 9.47 Å². The van der Waals surface area contributed by atoms with E-state index in [-0.39, 0.29) is 5.91 Å². The summed E-state index contributed by atoms with van der Waals surface area (Å²) in [6.45, 7) is 5.55. The van der Waals surface area contributed by atoms with Crippen molar-refractivity contribution < 1.29 is 19.0 Å². The molecule has 2 heterocycles. The Balaban J connectivity index is 1.76. The third-order valence-electron chi connectivity index (χ3n) is 5.11. The van der Waals surface area contributed by atoms with Crippen molar-refractivity contribution in [1.29, 1.82) is 0 Å². The zero-order valence-corrected chi connectivity index (χ0v) is 19.1. The normalized spacial score (nSPS) is 14.4. The average molecular weight is 478 g/mol. The monoisotopic (exact) mass is 477 g/mol. The lowest BCUT2D eigenvalue weighted by molar-refractivity contribution is 0.0355. The second kappa shape index (κ2) is 11.3. The fourth-order valence-electron chi connectivity index (χ4n) is 3.45. The number of hydrogen-bond donors (Lipinski definition) is 0. The molecule has 0 unspecified atom stereocenters. The SMILES string of the molecule is COc1cc(C(=O)N(CCCN2CCOCC2)Cc2ccncc2)cc(OC)c1Br. The molecule has 7 nitrogen and oxygen atoms in total. The predicted molar refractivity (Wildman–Crippen MR) is 118 cm³/mol. The average Bonchev–Trinajstić information content (AvgIpc) is 2.79. The number of aromatic nitrogens is 1. The van der Waals surface area contributed by atoms with Crippen LogP contribution in [-0.4, -0.2) is 74.3 Å². The number of carbonyl (C=O) groups is 1. The Morgan fingerprint density at radius 2 is 1.80 bits per heavy atom. The summed E-state index contributed by atoms with van der Waals surface area (Å²) >= 11 is 3.46. The Morgan fingerprint density at radius 3 is 2.40 bits per heavy atom. The van der Waals surface area contributed by atoms with E-state index >= 15 is 0 Å². The molecule has 1 aromatic heterocycles. The fourth-order valence-corrected chi connectivity index (χ4v) is 4.00. The van der Waals surface area contributed by atoms with Gasteiger partial charge in [0.2, 0.25) is 0 Å². The fraction of sp³-hybridized carbons (Fsp3) is 0.455. The third kappa shape index (κ3) is 5.93. The van der Waals surface area contributed by atoms with Crippen LogP contribution in [0.3, 0.4) is 0 Å². The lowest BCUT2D eigenvalue weighted by Crippen LogP contribution is -2.39. The second-order valence-electron chi connectivity index (χ2n) is 7.08. The summed E-state index contributed by atoms with van der Waals surface area (Å²) in [7, 11) is 3.15. The van der Waals surface area contributed by atoms with Crippen molar-refractivity contribution in [3.05, 3.63) is 52.3 Å². The molecule has 0 radical (unpaired) electrons. The summed E-state index contributed by atoms with van der Waals surface area (Å²) in [4.78, 5) is 21.8. The van der Waals surface area contributed by atoms with Crippen molar-refractivity contribution in [2.24, 2.45) is 0 Å². The molecule has 30 heavy (non-hydrogen) atoms. The molecule has 0 aliphatic carbocycles. The highest BCUT2D eigenvalue weighted by Crippen LogP contribution is 2.36. The number of ether oxygens (including phenoxy) is 3. The van der Waals surface area contributed by atoms with Crippen LogP contribution in [0.25, 0.3) is 0 Å². The van der Waals surface area contributed by atoms with Crippen molar-refractivity contribution in [1.82, 2.24) is 14.8 Å². The first-order chi connectivity index (χ1) is 14.6. The van der Waals surface area contributed by atoms with Crippen LogP contribution in [0.4, 0.5) is 0 Å². The maximum atomic E-state index is 13.4. The summed E-state index contributed by atoms with van der Waals surface area (Å²) < 4.78 is 16.9. The Bertz CT molecular complexity index is 803. The van der Waals surface area contributed by atoms with Gasteiger partial charge in [0.25, 0.3) is 5.91 Å². The van der Waals surface area contributed by atoms with Crippen LogP contribution in [0.1, 0.15) is 22.3 Å². The van der Waals surface area contributed by atoms with Crippen LogP contribution in [0.5, 0.6) is 11.5 Å². The third-order valence-corrected chi connectivity index (χ3v) is 5.89. The van der Waals surface area contributed by atoms with Gasteiger partial charge in [-0.05, 0) is 52.2 Å². The maximum absolute atomic E-state index is 13.4. The first kappa shape index (κ1) is 22.5. The number of hydrogen-bond acceptors (Lipinski definition) is 6. The minimum atomic E-state index is -0.0575. The highest BCUT2D eigenvalue weighted by atomic mass is 79.9. The van der Waals surface area contributed by atoms with Gasteiger partial charge in [-0.25, -0.2) is 0 Å². The number of nitrogens with zero attached hydrogens (tertiary/aromatic N) is 3. The van der Waals surface area contributed by atoms with Gasteiger partial charge in [-0.1, -0.05) is 0 Å². The minimum Gasteiger partial charge on any atom is -0.495 e. The van der Waals surface area contributed by atoms with Gasteiger partial charge in [-0.2, -0.15) is 0 Å². The van der Waals surface area contributed by atoms with Gasteiger partial charge in [0, 0.05) is 50.7 Å². The standard InChI is InChI=1S/C22H28BrN3O4/c1-28-19-14-18(15-20(29-2)21(19)23)22(27)26(16-17-4-6-24-7-5-17)9-3-8-25-10-12-30-13-11-25/h4-7,14-15H,3,8-13,16H2,1-2H3. The van der Waals surface area contributed by atoms with E-state index in [2.05, 4.69) is 25.8 Å². The van der Waals surface area contributed by atoms with E-state index < -0.39 is 0 Å². The van der Waals surface area contributed by atoms with Gasteiger partial charge in [0.05, 0.1) is 27.4 Å². The number of pyridine rings is 1. The molecule has 0 spiro atoms. The van der Waals surface area contributed by atoms with Gasteiger partial charge in [-0.15, -0.1) is 0 Å².